The van der Waals surface area contributed by atoms with Crippen molar-refractivity contribution in [2.45, 2.75) is 24.2 Å². The molecule has 0 unspecified atom stereocenters. The number of fused-ring (bicyclic) bond motifs is 4. The van der Waals surface area contributed by atoms with Crippen LogP contribution < -0.4 is 20.4 Å². The van der Waals surface area contributed by atoms with Crippen LogP contribution in [0.5, 0.6) is 5.75 Å². The van der Waals surface area contributed by atoms with Crippen molar-refractivity contribution in [3.05, 3.63) is 161 Å². The number of aliphatic hydroxyl groups is 1. The number of carbonyl (C=O) groups is 4. The number of carbonyl (C=O) groups excluding carboxylic acids is 4. The maximum absolute atomic E-state index is 15.3. The van der Waals surface area contributed by atoms with Crippen molar-refractivity contribution in [2.24, 2.45) is 23.7 Å². The molecule has 2 heterocycles. The molecule has 58 heavy (non-hydrogen) atoms. The molecule has 12 heteroatoms. The molecule has 0 radical (unpaired) electrons. The summed E-state index contributed by atoms with van der Waals surface area (Å²) in [5.41, 5.74) is 6.00. The molecule has 5 aromatic rings. The molecule has 4 amide bonds. The molecule has 6 atom stereocenters. The SMILES string of the molecule is O=C1[C@@H]2C[C@@H]3C(=CC[C@@H]4C(=O)N(c5ccc(Nc6ccccc6)cc5)C(=O)[C@@H]43)[C@H](c3ccc(OCCO)cc3)[C@]2(c2ccc(Cl)cc2)C(=O)N1Nc1ccc(F)cc1. The van der Waals surface area contributed by atoms with E-state index in [1.54, 1.807) is 48.5 Å². The number of anilines is 4. The second kappa shape index (κ2) is 14.9. The second-order valence-electron chi connectivity index (χ2n) is 15.1. The molecular weight excluding hydrogens is 759 g/mol. The number of rotatable bonds is 10. The van der Waals surface area contributed by atoms with Crippen molar-refractivity contribution in [2.75, 3.05) is 28.9 Å². The minimum atomic E-state index is -1.51. The van der Waals surface area contributed by atoms with Gasteiger partial charge in [0, 0.05) is 22.3 Å². The maximum Gasteiger partial charge on any atom is 0.260 e. The number of benzene rings is 5. The Morgan fingerprint density at radius 3 is 2.12 bits per heavy atom. The lowest BCUT2D eigenvalue weighted by Crippen LogP contribution is -2.53. The number of nitrogens with zero attached hydrogens (tertiary/aromatic N) is 2. The molecule has 0 aromatic heterocycles. The van der Waals surface area contributed by atoms with Crippen LogP contribution in [0.15, 0.2) is 139 Å². The highest BCUT2D eigenvalue weighted by atomic mass is 35.5. The summed E-state index contributed by atoms with van der Waals surface area (Å²) in [6.07, 6.45) is 2.37. The first kappa shape index (κ1) is 37.3. The molecule has 2 aliphatic carbocycles. The predicted octanol–water partition coefficient (Wildman–Crippen LogP) is 7.78. The number of halogens is 2. The average molecular weight is 797 g/mol. The Balaban J connectivity index is 1.14. The van der Waals surface area contributed by atoms with Crippen LogP contribution in [0, 0.1) is 29.5 Å². The molecule has 0 bridgehead atoms. The van der Waals surface area contributed by atoms with E-state index >= 15 is 4.79 Å². The van der Waals surface area contributed by atoms with Gasteiger partial charge in [-0.15, -0.1) is 0 Å². The molecule has 5 aromatic carbocycles. The predicted molar refractivity (Wildman–Crippen MR) is 217 cm³/mol. The number of amides is 4. The van der Waals surface area contributed by atoms with Crippen molar-refractivity contribution in [3.63, 3.8) is 0 Å². The van der Waals surface area contributed by atoms with Gasteiger partial charge in [-0.3, -0.25) is 29.5 Å². The fraction of sp³-hybridized carbons (Fsp3) is 0.217. The van der Waals surface area contributed by atoms with Gasteiger partial charge in [-0.05, 0) is 115 Å². The molecule has 0 spiro atoms. The number of hydrazine groups is 1. The number of para-hydroxylation sites is 1. The number of nitrogens with one attached hydrogen (secondary N) is 2. The standard InChI is InChI=1S/C46H38ClFN4O6/c47-29-10-8-28(9-11-29)46-39(43(55)52(45(46)57)50-33-14-12-30(48)13-15-33)26-38-36(41(46)27-6-20-35(21-7-27)58-25-24-53)22-23-37-40(38)44(56)51(42(37)54)34-18-16-32(17-19-34)49-31-4-2-1-3-5-31/h1-22,37-41,49-50,53H,23-26H2/t37-,38+,39-,40-,41-,46+/m0/s1. The monoisotopic (exact) mass is 796 g/mol. The Bertz CT molecular complexity index is 2430. The molecule has 292 valence electrons. The number of hydrogen-bond donors (Lipinski definition) is 3. The van der Waals surface area contributed by atoms with E-state index < -0.39 is 52.6 Å². The molecule has 2 aliphatic heterocycles. The molecule has 4 aliphatic rings. The second-order valence-corrected chi connectivity index (χ2v) is 15.5. The van der Waals surface area contributed by atoms with E-state index in [0.717, 1.165) is 22.0 Å². The lowest BCUT2D eigenvalue weighted by atomic mass is 9.49. The van der Waals surface area contributed by atoms with Gasteiger partial charge in [-0.1, -0.05) is 65.7 Å². The Hall–Kier alpha value is -6.30. The van der Waals surface area contributed by atoms with Gasteiger partial charge in [0.05, 0.1) is 41.2 Å². The van der Waals surface area contributed by atoms with E-state index in [1.165, 1.54) is 29.2 Å². The number of allylic oxidation sites excluding steroid dienone is 2. The molecule has 1 saturated carbocycles. The fourth-order valence-corrected chi connectivity index (χ4v) is 9.71. The summed E-state index contributed by atoms with van der Waals surface area (Å²) in [7, 11) is 0. The Morgan fingerprint density at radius 1 is 0.759 bits per heavy atom. The quantitative estimate of drug-likeness (QED) is 0.0967. The minimum absolute atomic E-state index is 0.0891. The molecule has 3 fully saturated rings. The van der Waals surface area contributed by atoms with Gasteiger partial charge in [-0.2, -0.15) is 5.01 Å². The number of aliphatic hydroxyl groups excluding tert-OH is 1. The van der Waals surface area contributed by atoms with Crippen LogP contribution in [0.2, 0.25) is 5.02 Å². The fourth-order valence-electron chi connectivity index (χ4n) is 9.59. The number of ether oxygens (including phenoxy) is 1. The van der Waals surface area contributed by atoms with Crippen molar-refractivity contribution in [3.8, 4) is 5.75 Å². The summed E-state index contributed by atoms with van der Waals surface area (Å²) >= 11 is 6.40. The van der Waals surface area contributed by atoms with E-state index in [-0.39, 0.29) is 37.9 Å². The Labute approximate surface area is 338 Å². The van der Waals surface area contributed by atoms with Gasteiger partial charge >= 0.3 is 0 Å². The van der Waals surface area contributed by atoms with Gasteiger partial charge in [0.15, 0.2) is 0 Å². The largest absolute Gasteiger partial charge is 0.491 e. The highest BCUT2D eigenvalue weighted by molar-refractivity contribution is 6.30. The van der Waals surface area contributed by atoms with Crippen LogP contribution in [0.4, 0.5) is 27.1 Å². The smallest absolute Gasteiger partial charge is 0.260 e. The summed E-state index contributed by atoms with van der Waals surface area (Å²) in [6.45, 7) is -0.0827. The van der Waals surface area contributed by atoms with Crippen LogP contribution in [0.1, 0.15) is 29.9 Å². The van der Waals surface area contributed by atoms with Gasteiger partial charge < -0.3 is 15.2 Å². The third-order valence-electron chi connectivity index (χ3n) is 12.0. The van der Waals surface area contributed by atoms with Crippen molar-refractivity contribution >= 4 is 58.0 Å². The first-order valence-electron chi connectivity index (χ1n) is 19.2. The molecule has 10 nitrogen and oxygen atoms in total. The normalized spacial score (nSPS) is 24.9. The topological polar surface area (TPSA) is 128 Å². The highest BCUT2D eigenvalue weighted by Crippen LogP contribution is 2.64. The average Bonchev–Trinajstić information content (AvgIpc) is 3.62. The van der Waals surface area contributed by atoms with E-state index in [2.05, 4.69) is 10.7 Å². The first-order valence-corrected chi connectivity index (χ1v) is 19.6. The maximum atomic E-state index is 15.3. The zero-order chi connectivity index (χ0) is 40.1. The summed E-state index contributed by atoms with van der Waals surface area (Å²) in [5, 5.41) is 14.2. The molecular formula is C46H38ClFN4O6. The third kappa shape index (κ3) is 6.13. The minimum Gasteiger partial charge on any atom is -0.491 e. The van der Waals surface area contributed by atoms with Crippen LogP contribution in [0.25, 0.3) is 0 Å². The summed E-state index contributed by atoms with van der Waals surface area (Å²) in [6, 6.07) is 36.3. The summed E-state index contributed by atoms with van der Waals surface area (Å²) < 4.78 is 19.6. The highest BCUT2D eigenvalue weighted by Gasteiger charge is 2.70. The number of imide groups is 2. The Kier molecular flexibility index (Phi) is 9.57. The lowest BCUT2D eigenvalue weighted by Gasteiger charge is -2.50. The Morgan fingerprint density at radius 2 is 1.43 bits per heavy atom. The van der Waals surface area contributed by atoms with E-state index in [9.17, 15) is 23.9 Å². The van der Waals surface area contributed by atoms with Crippen molar-refractivity contribution in [1.82, 2.24) is 5.01 Å². The van der Waals surface area contributed by atoms with Crippen LogP contribution in [-0.4, -0.2) is 47.0 Å². The zero-order valence-electron chi connectivity index (χ0n) is 31.1. The van der Waals surface area contributed by atoms with E-state index in [4.69, 9.17) is 16.3 Å². The van der Waals surface area contributed by atoms with Gasteiger partial charge in [0.1, 0.15) is 18.2 Å². The first-order chi connectivity index (χ1) is 28.2. The molecule has 3 N–H and O–H groups in total. The zero-order valence-corrected chi connectivity index (χ0v) is 31.8. The van der Waals surface area contributed by atoms with Gasteiger partial charge in [0.2, 0.25) is 11.8 Å². The lowest BCUT2D eigenvalue weighted by molar-refractivity contribution is -0.138. The van der Waals surface area contributed by atoms with E-state index in [0.29, 0.717) is 33.3 Å². The van der Waals surface area contributed by atoms with Gasteiger partial charge in [0.25, 0.3) is 11.8 Å². The molecule has 2 saturated heterocycles. The summed E-state index contributed by atoms with van der Waals surface area (Å²) in [4.78, 5) is 60.5. The van der Waals surface area contributed by atoms with E-state index in [1.807, 2.05) is 60.7 Å². The third-order valence-corrected chi connectivity index (χ3v) is 12.3. The van der Waals surface area contributed by atoms with Crippen LogP contribution >= 0.6 is 11.6 Å². The van der Waals surface area contributed by atoms with Crippen LogP contribution in [-0.2, 0) is 24.6 Å². The molecule has 9 rings (SSSR count). The van der Waals surface area contributed by atoms with Crippen molar-refractivity contribution < 1.29 is 33.4 Å². The van der Waals surface area contributed by atoms with Gasteiger partial charge in [-0.25, -0.2) is 4.39 Å². The number of hydrogen-bond acceptors (Lipinski definition) is 8. The summed E-state index contributed by atoms with van der Waals surface area (Å²) in [5.74, 6) is -5.40. The van der Waals surface area contributed by atoms with Crippen molar-refractivity contribution in [1.29, 1.82) is 0 Å². The van der Waals surface area contributed by atoms with Crippen LogP contribution in [0.3, 0.4) is 0 Å².